The molecule has 2 bridgehead atoms. The maximum absolute atomic E-state index is 12.6. The molecule has 2 fully saturated rings. The van der Waals surface area contributed by atoms with Crippen LogP contribution in [0.2, 0.25) is 0 Å². The molecule has 0 aromatic heterocycles. The first kappa shape index (κ1) is 15.9. The van der Waals surface area contributed by atoms with Crippen LogP contribution in [0.25, 0.3) is 0 Å². The summed E-state index contributed by atoms with van der Waals surface area (Å²) in [4.78, 5) is 67.7. The van der Waals surface area contributed by atoms with Gasteiger partial charge in [0, 0.05) is 0 Å². The standard InChI is InChI=1S/C19H14N2O6/c22-13(27-21-16(23)11-3-1-2-4-12(11)17(21)24)8-20-18(25)14-9-5-6-10(7-9)15(14)19(20)26/h1-6,9-10,14-15H,7-8H2. The van der Waals surface area contributed by atoms with Gasteiger partial charge in [0.05, 0.1) is 23.0 Å². The van der Waals surface area contributed by atoms with Crippen LogP contribution in [0.15, 0.2) is 36.4 Å². The van der Waals surface area contributed by atoms with Crippen molar-refractivity contribution < 1.29 is 28.8 Å². The molecule has 1 aromatic rings. The Kier molecular flexibility index (Phi) is 3.16. The lowest BCUT2D eigenvalue weighted by Crippen LogP contribution is -2.41. The summed E-state index contributed by atoms with van der Waals surface area (Å²) in [6.45, 7) is -0.614. The van der Waals surface area contributed by atoms with Gasteiger partial charge in [-0.15, -0.1) is 0 Å². The van der Waals surface area contributed by atoms with E-state index >= 15 is 0 Å². The third kappa shape index (κ3) is 2.06. The van der Waals surface area contributed by atoms with Crippen molar-refractivity contribution in [2.45, 2.75) is 6.42 Å². The predicted molar refractivity (Wildman–Crippen MR) is 87.5 cm³/mol. The topological polar surface area (TPSA) is 101 Å². The Morgan fingerprint density at radius 1 is 0.926 bits per heavy atom. The number of hydroxylamine groups is 2. The van der Waals surface area contributed by atoms with Gasteiger partial charge >= 0.3 is 5.97 Å². The van der Waals surface area contributed by atoms with E-state index in [0.29, 0.717) is 5.06 Å². The summed E-state index contributed by atoms with van der Waals surface area (Å²) in [5, 5.41) is 0.379. The molecule has 1 saturated heterocycles. The number of allylic oxidation sites excluding steroid dienone is 2. The highest BCUT2D eigenvalue weighted by Gasteiger charge is 2.59. The van der Waals surface area contributed by atoms with E-state index in [1.807, 2.05) is 12.2 Å². The van der Waals surface area contributed by atoms with Gasteiger partial charge in [0.25, 0.3) is 11.8 Å². The average Bonchev–Trinajstić information content (AvgIpc) is 3.39. The predicted octanol–water partition coefficient (Wildman–Crippen LogP) is 0.548. The van der Waals surface area contributed by atoms with Crippen molar-refractivity contribution in [3.8, 4) is 0 Å². The smallest absolute Gasteiger partial charge is 0.328 e. The highest BCUT2D eigenvalue weighted by atomic mass is 16.7. The largest absolute Gasteiger partial charge is 0.352 e. The minimum Gasteiger partial charge on any atom is -0.328 e. The number of nitrogens with zero attached hydrogens (tertiary/aromatic N) is 2. The summed E-state index contributed by atoms with van der Waals surface area (Å²) < 4.78 is 0. The molecule has 136 valence electrons. The fourth-order valence-electron chi connectivity index (χ4n) is 4.63. The SMILES string of the molecule is O=C(CN1C(=O)C2C3C=CC(C3)C2C1=O)ON1C(=O)c2ccccc2C1=O. The van der Waals surface area contributed by atoms with E-state index in [1.165, 1.54) is 12.1 Å². The third-order valence-electron chi connectivity index (χ3n) is 5.80. The zero-order valence-electron chi connectivity index (χ0n) is 14.0. The quantitative estimate of drug-likeness (QED) is 0.572. The van der Waals surface area contributed by atoms with E-state index < -0.39 is 36.2 Å². The maximum Gasteiger partial charge on any atom is 0.352 e. The number of carbonyl (C=O) groups excluding carboxylic acids is 5. The van der Waals surface area contributed by atoms with Gasteiger partial charge < -0.3 is 4.84 Å². The van der Waals surface area contributed by atoms with E-state index in [9.17, 15) is 24.0 Å². The van der Waals surface area contributed by atoms with Crippen LogP contribution in [0.3, 0.4) is 0 Å². The van der Waals surface area contributed by atoms with Crippen molar-refractivity contribution in [3.05, 3.63) is 47.5 Å². The molecule has 8 heteroatoms. The molecule has 4 aliphatic rings. The molecule has 0 spiro atoms. The molecule has 0 N–H and O–H groups in total. The molecule has 4 atom stereocenters. The maximum atomic E-state index is 12.6. The van der Waals surface area contributed by atoms with Crippen molar-refractivity contribution in [3.63, 3.8) is 0 Å². The van der Waals surface area contributed by atoms with Crippen LogP contribution < -0.4 is 0 Å². The molecule has 5 rings (SSSR count). The van der Waals surface area contributed by atoms with Crippen molar-refractivity contribution in [2.75, 3.05) is 6.54 Å². The van der Waals surface area contributed by atoms with E-state index in [0.717, 1.165) is 11.3 Å². The number of rotatable bonds is 3. The van der Waals surface area contributed by atoms with E-state index in [-0.39, 0.29) is 34.8 Å². The lowest BCUT2D eigenvalue weighted by atomic mass is 9.85. The third-order valence-corrected chi connectivity index (χ3v) is 5.80. The molecule has 2 aliphatic heterocycles. The second-order valence-corrected chi connectivity index (χ2v) is 7.18. The van der Waals surface area contributed by atoms with Crippen LogP contribution in [0.4, 0.5) is 0 Å². The van der Waals surface area contributed by atoms with Crippen molar-refractivity contribution in [1.82, 2.24) is 9.96 Å². The molecule has 4 unspecified atom stereocenters. The van der Waals surface area contributed by atoms with Crippen LogP contribution in [-0.2, 0) is 19.2 Å². The highest BCUT2D eigenvalue weighted by Crippen LogP contribution is 2.52. The Hall–Kier alpha value is -3.29. The van der Waals surface area contributed by atoms with Crippen LogP contribution >= 0.6 is 0 Å². The number of carbonyl (C=O) groups is 5. The fraction of sp³-hybridized carbons (Fsp3) is 0.316. The summed E-state index contributed by atoms with van der Waals surface area (Å²) >= 11 is 0. The van der Waals surface area contributed by atoms with Crippen molar-refractivity contribution in [2.24, 2.45) is 23.7 Å². The summed E-state index contributed by atoms with van der Waals surface area (Å²) in [6.07, 6.45) is 4.70. The fourth-order valence-corrected chi connectivity index (χ4v) is 4.63. The Bertz CT molecular complexity index is 902. The van der Waals surface area contributed by atoms with Gasteiger partial charge in [0.15, 0.2) is 0 Å². The first-order valence-corrected chi connectivity index (χ1v) is 8.69. The van der Waals surface area contributed by atoms with Crippen molar-refractivity contribution in [1.29, 1.82) is 0 Å². The van der Waals surface area contributed by atoms with Gasteiger partial charge in [-0.2, -0.15) is 0 Å². The van der Waals surface area contributed by atoms with Gasteiger partial charge in [0.1, 0.15) is 6.54 Å². The zero-order chi connectivity index (χ0) is 18.9. The molecule has 1 aromatic carbocycles. The lowest BCUT2D eigenvalue weighted by molar-refractivity contribution is -0.172. The number of fused-ring (bicyclic) bond motifs is 6. The van der Waals surface area contributed by atoms with Crippen LogP contribution in [0.5, 0.6) is 0 Å². The van der Waals surface area contributed by atoms with Gasteiger partial charge in [-0.25, -0.2) is 4.79 Å². The number of hydrogen-bond donors (Lipinski definition) is 0. The Morgan fingerprint density at radius 3 is 1.96 bits per heavy atom. The molecule has 27 heavy (non-hydrogen) atoms. The Balaban J connectivity index is 1.30. The molecule has 0 radical (unpaired) electrons. The molecule has 4 amide bonds. The molecule has 1 saturated carbocycles. The number of imide groups is 2. The number of benzene rings is 1. The first-order chi connectivity index (χ1) is 13.0. The molecule has 2 heterocycles. The van der Waals surface area contributed by atoms with Crippen LogP contribution in [0.1, 0.15) is 27.1 Å². The van der Waals surface area contributed by atoms with E-state index in [4.69, 9.17) is 4.84 Å². The van der Waals surface area contributed by atoms with Crippen LogP contribution in [0, 0.1) is 23.7 Å². The number of hydrogen-bond acceptors (Lipinski definition) is 6. The van der Waals surface area contributed by atoms with Gasteiger partial charge in [-0.05, 0) is 30.4 Å². The molecular formula is C19H14N2O6. The summed E-state index contributed by atoms with van der Waals surface area (Å²) in [5.41, 5.74) is 0.279. The van der Waals surface area contributed by atoms with Crippen LogP contribution in [-0.4, -0.2) is 46.1 Å². The molecule has 8 nitrogen and oxygen atoms in total. The summed E-state index contributed by atoms with van der Waals surface area (Å²) in [6, 6.07) is 6.11. The van der Waals surface area contributed by atoms with Gasteiger partial charge in [-0.1, -0.05) is 29.3 Å². The lowest BCUT2D eigenvalue weighted by Gasteiger charge is -2.18. The number of amides is 4. The average molecular weight is 366 g/mol. The van der Waals surface area contributed by atoms with E-state index in [2.05, 4.69) is 0 Å². The Morgan fingerprint density at radius 2 is 1.44 bits per heavy atom. The van der Waals surface area contributed by atoms with E-state index in [1.54, 1.807) is 12.1 Å². The minimum atomic E-state index is -1.01. The van der Waals surface area contributed by atoms with Gasteiger partial charge in [0.2, 0.25) is 11.8 Å². The second kappa shape index (κ2) is 5.35. The summed E-state index contributed by atoms with van der Waals surface area (Å²) in [5.74, 6) is -4.04. The zero-order valence-corrected chi connectivity index (χ0v) is 14.0. The molecule has 2 aliphatic carbocycles. The molecular weight excluding hydrogens is 352 g/mol. The highest BCUT2D eigenvalue weighted by molar-refractivity contribution is 6.21. The first-order valence-electron chi connectivity index (χ1n) is 8.69. The van der Waals surface area contributed by atoms with Gasteiger partial charge in [-0.3, -0.25) is 24.1 Å². The monoisotopic (exact) mass is 366 g/mol. The van der Waals surface area contributed by atoms with Crippen molar-refractivity contribution >= 4 is 29.6 Å². The minimum absolute atomic E-state index is 0.0358. The normalized spacial score (nSPS) is 30.4. The Labute approximate surface area is 153 Å². The number of likely N-dealkylation sites (tertiary alicyclic amines) is 1. The summed E-state index contributed by atoms with van der Waals surface area (Å²) in [7, 11) is 0. The second-order valence-electron chi connectivity index (χ2n) is 7.18.